The van der Waals surface area contributed by atoms with Crippen molar-refractivity contribution in [2.24, 2.45) is 0 Å². The van der Waals surface area contributed by atoms with E-state index in [0.29, 0.717) is 0 Å². The summed E-state index contributed by atoms with van der Waals surface area (Å²) in [6, 6.07) is 6.48. The number of anilines is 2. The minimum Gasteiger partial charge on any atom is -0.352 e. The number of rotatable bonds is 4. The second-order valence-corrected chi connectivity index (χ2v) is 8.22. The van der Waals surface area contributed by atoms with Crippen LogP contribution in [0.1, 0.15) is 23.9 Å². The van der Waals surface area contributed by atoms with E-state index in [2.05, 4.69) is 19.9 Å². The largest absolute Gasteiger partial charge is 0.419 e. The quantitative estimate of drug-likeness (QED) is 0.341. The van der Waals surface area contributed by atoms with Gasteiger partial charge >= 0.3 is 12.4 Å². The highest BCUT2D eigenvalue weighted by atomic mass is 35.5. The number of hydrogen-bond acceptors (Lipinski definition) is 6. The van der Waals surface area contributed by atoms with E-state index in [1.807, 2.05) is 0 Å². The molecule has 35 heavy (non-hydrogen) atoms. The van der Waals surface area contributed by atoms with E-state index in [4.69, 9.17) is 11.6 Å². The minimum atomic E-state index is -4.55. The maximum atomic E-state index is 13.4. The molecule has 0 unspecified atom stereocenters. The van der Waals surface area contributed by atoms with Gasteiger partial charge in [0.2, 0.25) is 5.95 Å². The molecule has 0 bridgehead atoms. The molecule has 3 heterocycles. The lowest BCUT2D eigenvalue weighted by atomic mass is 10.1. The summed E-state index contributed by atoms with van der Waals surface area (Å²) in [5.74, 6) is 0.123. The van der Waals surface area contributed by atoms with Gasteiger partial charge in [-0.1, -0.05) is 12.1 Å². The zero-order valence-corrected chi connectivity index (χ0v) is 19.0. The summed E-state index contributed by atoms with van der Waals surface area (Å²) >= 11 is 5.93. The van der Waals surface area contributed by atoms with Crippen LogP contribution < -0.4 is 9.80 Å². The van der Waals surface area contributed by atoms with Gasteiger partial charge in [-0.25, -0.2) is 9.97 Å². The third kappa shape index (κ3) is 5.42. The van der Waals surface area contributed by atoms with Crippen LogP contribution in [0.25, 0.3) is 11.4 Å². The van der Waals surface area contributed by atoms with Crippen molar-refractivity contribution in [3.63, 3.8) is 0 Å². The molecule has 1 aromatic carbocycles. The molecule has 0 N–H and O–H groups in total. The SMILES string of the molecule is C[C@@H]1CN(c2ncccc2C(F)(F)F)CCN1c1nc(CCl)nc(-c2cccc(C(F)(F)F)c2)n1. The molecule has 3 aromatic rings. The van der Waals surface area contributed by atoms with Gasteiger partial charge in [0.1, 0.15) is 11.6 Å². The first-order valence-corrected chi connectivity index (χ1v) is 11.0. The Hall–Kier alpha value is -3.15. The number of hydrogen-bond donors (Lipinski definition) is 0. The lowest BCUT2D eigenvalue weighted by Gasteiger charge is -2.41. The van der Waals surface area contributed by atoms with Gasteiger partial charge in [-0.3, -0.25) is 0 Å². The van der Waals surface area contributed by atoms with Crippen LogP contribution in [0.4, 0.5) is 38.1 Å². The molecule has 1 aliphatic rings. The highest BCUT2D eigenvalue weighted by molar-refractivity contribution is 6.16. The Bertz CT molecular complexity index is 1200. The maximum absolute atomic E-state index is 13.4. The van der Waals surface area contributed by atoms with Crippen LogP contribution >= 0.6 is 11.6 Å². The monoisotopic (exact) mass is 516 g/mol. The summed E-state index contributed by atoms with van der Waals surface area (Å²) < 4.78 is 79.8. The van der Waals surface area contributed by atoms with Crippen LogP contribution in [0, 0.1) is 0 Å². The first-order valence-electron chi connectivity index (χ1n) is 10.5. The van der Waals surface area contributed by atoms with Crippen LogP contribution in [0.15, 0.2) is 42.6 Å². The number of piperazine rings is 1. The molecule has 0 spiro atoms. The first kappa shape index (κ1) is 25.0. The molecule has 6 nitrogen and oxygen atoms in total. The summed E-state index contributed by atoms with van der Waals surface area (Å²) in [5, 5.41) is 0. The number of halogens is 7. The van der Waals surface area contributed by atoms with Crippen molar-refractivity contribution in [2.45, 2.75) is 31.2 Å². The maximum Gasteiger partial charge on any atom is 0.419 e. The van der Waals surface area contributed by atoms with Gasteiger partial charge in [0, 0.05) is 37.4 Å². The second-order valence-electron chi connectivity index (χ2n) is 7.95. The van der Waals surface area contributed by atoms with Crippen molar-refractivity contribution in [3.05, 3.63) is 59.5 Å². The summed E-state index contributed by atoms with van der Waals surface area (Å²) in [7, 11) is 0. The average molecular weight is 517 g/mol. The number of alkyl halides is 7. The van der Waals surface area contributed by atoms with Gasteiger partial charge in [-0.05, 0) is 31.2 Å². The number of benzene rings is 1. The summed E-state index contributed by atoms with van der Waals surface area (Å²) in [5.41, 5.74) is -1.52. The number of aromatic nitrogens is 4. The zero-order valence-electron chi connectivity index (χ0n) is 18.3. The molecule has 0 aliphatic carbocycles. The summed E-state index contributed by atoms with van der Waals surface area (Å²) in [6.45, 7) is 2.44. The van der Waals surface area contributed by atoms with Gasteiger partial charge in [-0.2, -0.15) is 36.3 Å². The number of pyridine rings is 1. The minimum absolute atomic E-state index is 0.0236. The van der Waals surface area contributed by atoms with Crippen molar-refractivity contribution in [2.75, 3.05) is 29.4 Å². The van der Waals surface area contributed by atoms with E-state index in [-0.39, 0.29) is 60.5 Å². The van der Waals surface area contributed by atoms with Crippen LogP contribution in [0.2, 0.25) is 0 Å². The Morgan fingerprint density at radius 3 is 2.40 bits per heavy atom. The lowest BCUT2D eigenvalue weighted by molar-refractivity contribution is -0.138. The predicted octanol–water partition coefficient (Wildman–Crippen LogP) is 5.43. The second kappa shape index (κ2) is 9.48. The van der Waals surface area contributed by atoms with E-state index in [0.717, 1.165) is 18.2 Å². The van der Waals surface area contributed by atoms with Crippen LogP contribution in [-0.2, 0) is 18.2 Å². The lowest BCUT2D eigenvalue weighted by Crippen LogP contribution is -2.53. The smallest absolute Gasteiger partial charge is 0.352 e. The molecule has 1 saturated heterocycles. The molecule has 0 amide bonds. The molecule has 186 valence electrons. The molecule has 0 radical (unpaired) electrons. The molecule has 2 aromatic heterocycles. The third-order valence-electron chi connectivity index (χ3n) is 5.51. The zero-order chi connectivity index (χ0) is 25.4. The fourth-order valence-electron chi connectivity index (χ4n) is 3.88. The van der Waals surface area contributed by atoms with E-state index < -0.39 is 23.5 Å². The Morgan fingerprint density at radius 1 is 0.971 bits per heavy atom. The first-order chi connectivity index (χ1) is 16.5. The molecular formula is C22H19ClF6N6. The van der Waals surface area contributed by atoms with E-state index >= 15 is 0 Å². The topological polar surface area (TPSA) is 58.0 Å². The third-order valence-corrected chi connectivity index (χ3v) is 5.75. The predicted molar refractivity (Wildman–Crippen MR) is 118 cm³/mol. The Kier molecular flexibility index (Phi) is 6.76. The highest BCUT2D eigenvalue weighted by Crippen LogP contribution is 2.36. The van der Waals surface area contributed by atoms with Gasteiger partial charge in [-0.15, -0.1) is 11.6 Å². The van der Waals surface area contributed by atoms with Gasteiger partial charge < -0.3 is 9.80 Å². The fourth-order valence-corrected chi connectivity index (χ4v) is 4.00. The van der Waals surface area contributed by atoms with Crippen molar-refractivity contribution in [1.29, 1.82) is 0 Å². The average Bonchev–Trinajstić information content (AvgIpc) is 2.82. The van der Waals surface area contributed by atoms with Gasteiger partial charge in [0.25, 0.3) is 0 Å². The van der Waals surface area contributed by atoms with Crippen molar-refractivity contribution in [1.82, 2.24) is 19.9 Å². The summed E-state index contributed by atoms with van der Waals surface area (Å²) in [6.07, 6.45) is -7.78. The van der Waals surface area contributed by atoms with Crippen LogP contribution in [0.5, 0.6) is 0 Å². The molecule has 13 heteroatoms. The molecule has 1 fully saturated rings. The Labute approximate surface area is 201 Å². The highest BCUT2D eigenvalue weighted by Gasteiger charge is 2.37. The molecule has 1 atom stereocenters. The van der Waals surface area contributed by atoms with Gasteiger partial charge in [0.05, 0.1) is 17.0 Å². The normalized spacial score (nSPS) is 17.1. The van der Waals surface area contributed by atoms with Crippen molar-refractivity contribution >= 4 is 23.4 Å². The van der Waals surface area contributed by atoms with E-state index in [1.165, 1.54) is 24.4 Å². The molecular weight excluding hydrogens is 498 g/mol. The number of nitrogens with zero attached hydrogens (tertiary/aromatic N) is 6. The van der Waals surface area contributed by atoms with E-state index in [1.54, 1.807) is 16.7 Å². The molecule has 1 aliphatic heterocycles. The van der Waals surface area contributed by atoms with Crippen LogP contribution in [-0.4, -0.2) is 45.6 Å². The fraction of sp³-hybridized carbons (Fsp3) is 0.364. The van der Waals surface area contributed by atoms with E-state index in [9.17, 15) is 26.3 Å². The Balaban J connectivity index is 1.63. The van der Waals surface area contributed by atoms with Crippen molar-refractivity contribution < 1.29 is 26.3 Å². The van der Waals surface area contributed by atoms with Crippen molar-refractivity contribution in [3.8, 4) is 11.4 Å². The summed E-state index contributed by atoms with van der Waals surface area (Å²) in [4.78, 5) is 20.1. The van der Waals surface area contributed by atoms with Crippen LogP contribution in [0.3, 0.4) is 0 Å². The molecule has 0 saturated carbocycles. The molecule has 4 rings (SSSR count). The Morgan fingerprint density at radius 2 is 1.74 bits per heavy atom. The standard InChI is InChI=1S/C22H19ClF6N6/c1-13-12-34(19-16(22(27,28)29)6-3-7-30-19)8-9-35(13)20-32-17(11-23)31-18(33-20)14-4-2-5-15(10-14)21(24,25)26/h2-7,10,13H,8-9,11-12H2,1H3/t13-/m1/s1. The van der Waals surface area contributed by atoms with Gasteiger partial charge in [0.15, 0.2) is 5.82 Å².